The molecule has 3 N–H and O–H groups in total. The maximum Gasteiger partial charge on any atom is 0.273 e. The third-order valence-electron chi connectivity index (χ3n) is 2.97. The molecule has 0 unspecified atom stereocenters. The molecule has 0 aromatic heterocycles. The fraction of sp³-hybridized carbons (Fsp3) is 0.538. The summed E-state index contributed by atoms with van der Waals surface area (Å²) in [5.41, 5.74) is 6.22. The van der Waals surface area contributed by atoms with Crippen molar-refractivity contribution in [3.05, 3.63) is 27.8 Å². The van der Waals surface area contributed by atoms with Crippen LogP contribution in [0.5, 0.6) is 11.5 Å². The standard InChI is InChI=1S/C13H20N2O4/c1-8(2)4-5-11(14)10-6-9(15(17)18)7-12(19-3)13(10)16/h6-8,11,16H,4-5,14H2,1-3H3/t11-/m0/s1. The lowest BCUT2D eigenvalue weighted by Gasteiger charge is -2.16. The second-order valence-corrected chi connectivity index (χ2v) is 4.92. The average Bonchev–Trinajstić information content (AvgIpc) is 2.35. The van der Waals surface area contributed by atoms with E-state index in [4.69, 9.17) is 10.5 Å². The number of nitro benzene ring substituents is 1. The van der Waals surface area contributed by atoms with Crippen LogP contribution in [-0.2, 0) is 0 Å². The molecule has 1 atom stereocenters. The van der Waals surface area contributed by atoms with Gasteiger partial charge in [-0.25, -0.2) is 0 Å². The summed E-state index contributed by atoms with van der Waals surface area (Å²) in [5, 5.41) is 20.9. The van der Waals surface area contributed by atoms with Gasteiger partial charge in [-0.05, 0) is 18.8 Å². The topological polar surface area (TPSA) is 98.6 Å². The zero-order valence-corrected chi connectivity index (χ0v) is 11.4. The molecule has 0 radical (unpaired) electrons. The molecule has 0 bridgehead atoms. The number of hydrogen-bond acceptors (Lipinski definition) is 5. The highest BCUT2D eigenvalue weighted by atomic mass is 16.6. The summed E-state index contributed by atoms with van der Waals surface area (Å²) >= 11 is 0. The van der Waals surface area contributed by atoms with E-state index in [1.54, 1.807) is 0 Å². The van der Waals surface area contributed by atoms with Gasteiger partial charge < -0.3 is 15.6 Å². The van der Waals surface area contributed by atoms with Crippen molar-refractivity contribution in [3.8, 4) is 11.5 Å². The highest BCUT2D eigenvalue weighted by molar-refractivity contribution is 5.54. The third-order valence-corrected chi connectivity index (χ3v) is 2.97. The second-order valence-electron chi connectivity index (χ2n) is 4.92. The molecule has 0 saturated carbocycles. The van der Waals surface area contributed by atoms with E-state index >= 15 is 0 Å². The van der Waals surface area contributed by atoms with Gasteiger partial charge in [0, 0.05) is 17.7 Å². The molecule has 1 aromatic carbocycles. The maximum atomic E-state index is 10.8. The first-order valence-corrected chi connectivity index (χ1v) is 6.17. The van der Waals surface area contributed by atoms with Crippen molar-refractivity contribution < 1.29 is 14.8 Å². The molecule has 0 aliphatic carbocycles. The Morgan fingerprint density at radius 1 is 1.42 bits per heavy atom. The molecule has 0 amide bonds. The Balaban J connectivity index is 3.10. The number of phenols is 1. The van der Waals surface area contributed by atoms with Crippen LogP contribution in [-0.4, -0.2) is 17.1 Å². The van der Waals surface area contributed by atoms with Gasteiger partial charge in [0.25, 0.3) is 5.69 Å². The van der Waals surface area contributed by atoms with E-state index < -0.39 is 11.0 Å². The number of nitro groups is 1. The van der Waals surface area contributed by atoms with Crippen molar-refractivity contribution in [2.45, 2.75) is 32.7 Å². The van der Waals surface area contributed by atoms with E-state index in [0.29, 0.717) is 17.9 Å². The van der Waals surface area contributed by atoms with Crippen LogP contribution in [0.2, 0.25) is 0 Å². The van der Waals surface area contributed by atoms with Gasteiger partial charge in [0.1, 0.15) is 0 Å². The predicted octanol–water partition coefficient (Wildman–Crippen LogP) is 2.75. The smallest absolute Gasteiger partial charge is 0.273 e. The van der Waals surface area contributed by atoms with Gasteiger partial charge in [0.05, 0.1) is 18.1 Å². The molecule has 0 saturated heterocycles. The van der Waals surface area contributed by atoms with Crippen molar-refractivity contribution in [2.75, 3.05) is 7.11 Å². The largest absolute Gasteiger partial charge is 0.504 e. The quantitative estimate of drug-likeness (QED) is 0.610. The second kappa shape index (κ2) is 6.38. The molecule has 0 aliphatic heterocycles. The number of hydrogen-bond donors (Lipinski definition) is 2. The van der Waals surface area contributed by atoms with Crippen LogP contribution in [0.1, 0.15) is 38.3 Å². The van der Waals surface area contributed by atoms with E-state index in [2.05, 4.69) is 13.8 Å². The first kappa shape index (κ1) is 15.2. The molecule has 106 valence electrons. The number of non-ortho nitro benzene ring substituents is 1. The lowest BCUT2D eigenvalue weighted by molar-refractivity contribution is -0.385. The summed E-state index contributed by atoms with van der Waals surface area (Å²) < 4.78 is 4.94. The number of ether oxygens (including phenoxy) is 1. The highest BCUT2D eigenvalue weighted by Gasteiger charge is 2.21. The SMILES string of the molecule is COc1cc([N+](=O)[O-])cc([C@@H](N)CCC(C)C)c1O. The van der Waals surface area contributed by atoms with Crippen LogP contribution in [0.4, 0.5) is 5.69 Å². The molecule has 0 aliphatic rings. The Labute approximate surface area is 112 Å². The molecule has 1 rings (SSSR count). The molecule has 19 heavy (non-hydrogen) atoms. The minimum Gasteiger partial charge on any atom is -0.504 e. The van der Waals surface area contributed by atoms with Gasteiger partial charge in [-0.3, -0.25) is 10.1 Å². The van der Waals surface area contributed by atoms with Gasteiger partial charge in [-0.1, -0.05) is 13.8 Å². The monoisotopic (exact) mass is 268 g/mol. The molecular weight excluding hydrogens is 248 g/mol. The molecule has 0 heterocycles. The first-order valence-electron chi connectivity index (χ1n) is 6.17. The Hall–Kier alpha value is -1.82. The number of phenolic OH excluding ortho intramolecular Hbond substituents is 1. The molecular formula is C13H20N2O4. The molecule has 6 heteroatoms. The fourth-order valence-corrected chi connectivity index (χ4v) is 1.83. The van der Waals surface area contributed by atoms with Crippen LogP contribution >= 0.6 is 0 Å². The number of aromatic hydroxyl groups is 1. The van der Waals surface area contributed by atoms with Crippen LogP contribution in [0.25, 0.3) is 0 Å². The van der Waals surface area contributed by atoms with Gasteiger partial charge >= 0.3 is 0 Å². The molecule has 0 fully saturated rings. The van der Waals surface area contributed by atoms with Gasteiger partial charge in [0.2, 0.25) is 0 Å². The van der Waals surface area contributed by atoms with Crippen LogP contribution in [0.15, 0.2) is 12.1 Å². The lowest BCUT2D eigenvalue weighted by atomic mass is 9.97. The van der Waals surface area contributed by atoms with Crippen LogP contribution in [0.3, 0.4) is 0 Å². The average molecular weight is 268 g/mol. The number of nitrogens with zero attached hydrogens (tertiary/aromatic N) is 1. The van der Waals surface area contributed by atoms with Crippen LogP contribution < -0.4 is 10.5 Å². The van der Waals surface area contributed by atoms with Crippen molar-refractivity contribution in [2.24, 2.45) is 11.7 Å². The zero-order chi connectivity index (χ0) is 14.6. The van der Waals surface area contributed by atoms with Crippen molar-refractivity contribution >= 4 is 5.69 Å². The summed E-state index contributed by atoms with van der Waals surface area (Å²) in [7, 11) is 1.35. The summed E-state index contributed by atoms with van der Waals surface area (Å²) in [6.07, 6.45) is 1.53. The first-order chi connectivity index (χ1) is 8.86. The maximum absolute atomic E-state index is 10.8. The van der Waals surface area contributed by atoms with Crippen molar-refractivity contribution in [3.63, 3.8) is 0 Å². The minimum absolute atomic E-state index is 0.0733. The Bertz CT molecular complexity index is 460. The summed E-state index contributed by atoms with van der Waals surface area (Å²) in [5.74, 6) is 0.433. The highest BCUT2D eigenvalue weighted by Crippen LogP contribution is 2.38. The van der Waals surface area contributed by atoms with Gasteiger partial charge in [0.15, 0.2) is 11.5 Å². The number of methoxy groups -OCH3 is 1. The zero-order valence-electron chi connectivity index (χ0n) is 11.4. The lowest BCUT2D eigenvalue weighted by Crippen LogP contribution is -2.12. The van der Waals surface area contributed by atoms with Gasteiger partial charge in [-0.15, -0.1) is 0 Å². The summed E-state index contributed by atoms with van der Waals surface area (Å²) in [6.45, 7) is 4.14. The fourth-order valence-electron chi connectivity index (χ4n) is 1.83. The molecule has 0 spiro atoms. The van der Waals surface area contributed by atoms with E-state index in [1.165, 1.54) is 19.2 Å². The number of nitrogens with two attached hydrogens (primary N) is 1. The number of rotatable bonds is 6. The van der Waals surface area contributed by atoms with E-state index in [-0.39, 0.29) is 17.2 Å². The van der Waals surface area contributed by atoms with E-state index in [1.807, 2.05) is 0 Å². The third kappa shape index (κ3) is 3.82. The Kier molecular flexibility index (Phi) is 5.11. The molecule has 1 aromatic rings. The normalized spacial score (nSPS) is 12.5. The van der Waals surface area contributed by atoms with E-state index in [0.717, 1.165) is 6.42 Å². The summed E-state index contributed by atoms with van der Waals surface area (Å²) in [6, 6.07) is 2.05. The predicted molar refractivity (Wildman–Crippen MR) is 72.3 cm³/mol. The van der Waals surface area contributed by atoms with E-state index in [9.17, 15) is 15.2 Å². The summed E-state index contributed by atoms with van der Waals surface area (Å²) in [4.78, 5) is 10.3. The minimum atomic E-state index is -0.527. The van der Waals surface area contributed by atoms with Crippen molar-refractivity contribution in [1.29, 1.82) is 0 Å². The molecule has 6 nitrogen and oxygen atoms in total. The van der Waals surface area contributed by atoms with Crippen molar-refractivity contribution in [1.82, 2.24) is 0 Å². The Morgan fingerprint density at radius 3 is 2.53 bits per heavy atom. The number of benzene rings is 1. The van der Waals surface area contributed by atoms with Crippen LogP contribution in [0, 0.1) is 16.0 Å². The van der Waals surface area contributed by atoms with Gasteiger partial charge in [-0.2, -0.15) is 0 Å². The Morgan fingerprint density at radius 2 is 2.05 bits per heavy atom.